The van der Waals surface area contributed by atoms with Crippen LogP contribution >= 0.6 is 0 Å². The number of hydrogen-bond acceptors (Lipinski definition) is 3. The Morgan fingerprint density at radius 2 is 1.00 bits per heavy atom. The molecule has 0 saturated heterocycles. The summed E-state index contributed by atoms with van der Waals surface area (Å²) in [6.07, 6.45) is 0. The van der Waals surface area contributed by atoms with E-state index in [0.29, 0.717) is 5.95 Å². The summed E-state index contributed by atoms with van der Waals surface area (Å²) in [4.78, 5) is 10.6. The van der Waals surface area contributed by atoms with Crippen LogP contribution in [0.2, 0.25) is 0 Å². The predicted octanol–water partition coefficient (Wildman–Crippen LogP) is 11.1. The third-order valence-corrected chi connectivity index (χ3v) is 9.75. The molecule has 3 heterocycles. The van der Waals surface area contributed by atoms with Gasteiger partial charge in [0.1, 0.15) is 11.2 Å². The van der Waals surface area contributed by atoms with E-state index >= 15 is 0 Å². The largest absolute Gasteiger partial charge is 0.455 e. The average molecular weight is 586 g/mol. The predicted molar refractivity (Wildman–Crippen MR) is 189 cm³/mol. The van der Waals surface area contributed by atoms with E-state index in [1.165, 1.54) is 43.8 Å². The van der Waals surface area contributed by atoms with E-state index in [9.17, 15) is 0 Å². The summed E-state index contributed by atoms with van der Waals surface area (Å²) in [5, 5.41) is 8.19. The van der Waals surface area contributed by atoms with Gasteiger partial charge in [-0.2, -0.15) is 0 Å². The van der Waals surface area contributed by atoms with Crippen molar-refractivity contribution in [3.8, 4) is 39.5 Å². The van der Waals surface area contributed by atoms with Crippen LogP contribution in [0.1, 0.15) is 0 Å². The molecule has 11 rings (SSSR count). The average Bonchev–Trinajstić information content (AvgIpc) is 3.63. The van der Waals surface area contributed by atoms with E-state index in [4.69, 9.17) is 14.4 Å². The molecule has 0 fully saturated rings. The molecule has 0 radical (unpaired) electrons. The van der Waals surface area contributed by atoms with Crippen LogP contribution < -0.4 is 0 Å². The fourth-order valence-corrected chi connectivity index (χ4v) is 7.87. The first kappa shape index (κ1) is 24.1. The van der Waals surface area contributed by atoms with Gasteiger partial charge in [-0.15, -0.1) is 0 Å². The molecule has 1 aliphatic rings. The van der Waals surface area contributed by atoms with Crippen molar-refractivity contribution in [1.29, 1.82) is 0 Å². The number of nitrogens with zero attached hydrogens (tertiary/aromatic N) is 3. The van der Waals surface area contributed by atoms with Crippen molar-refractivity contribution in [3.05, 3.63) is 140 Å². The SMILES string of the molecule is c1cc2c3c(cccc3c1)-c1cccc3c1c1c-2cccc1n3-c1nc(-c2cccc3c2oc2ccccc23)c2ccccc2n1. The molecule has 0 N–H and O–H groups in total. The van der Waals surface area contributed by atoms with Crippen LogP contribution in [0.25, 0.3) is 105 Å². The summed E-state index contributed by atoms with van der Waals surface area (Å²) in [6, 6.07) is 49.4. The summed E-state index contributed by atoms with van der Waals surface area (Å²) < 4.78 is 8.76. The van der Waals surface area contributed by atoms with Gasteiger partial charge in [0, 0.05) is 32.5 Å². The van der Waals surface area contributed by atoms with Crippen molar-refractivity contribution in [3.63, 3.8) is 0 Å². The lowest BCUT2D eigenvalue weighted by molar-refractivity contribution is 0.670. The normalized spacial score (nSPS) is 12.3. The van der Waals surface area contributed by atoms with Gasteiger partial charge >= 0.3 is 0 Å². The van der Waals surface area contributed by atoms with Gasteiger partial charge in [0.25, 0.3) is 0 Å². The maximum absolute atomic E-state index is 6.51. The quantitative estimate of drug-likeness (QED) is 0.203. The fourth-order valence-electron chi connectivity index (χ4n) is 7.87. The molecule has 0 spiro atoms. The van der Waals surface area contributed by atoms with Gasteiger partial charge in [-0.3, -0.25) is 4.57 Å². The highest BCUT2D eigenvalue weighted by molar-refractivity contribution is 6.27. The maximum atomic E-state index is 6.51. The molecule has 0 saturated carbocycles. The van der Waals surface area contributed by atoms with Gasteiger partial charge in [0.2, 0.25) is 5.95 Å². The Labute approximate surface area is 262 Å². The van der Waals surface area contributed by atoms with E-state index in [2.05, 4.69) is 126 Å². The van der Waals surface area contributed by atoms with E-state index in [-0.39, 0.29) is 0 Å². The lowest BCUT2D eigenvalue weighted by Gasteiger charge is -2.14. The van der Waals surface area contributed by atoms with E-state index in [1.807, 2.05) is 18.2 Å². The zero-order valence-corrected chi connectivity index (χ0v) is 24.5. The number of aromatic nitrogens is 3. The first-order valence-electron chi connectivity index (χ1n) is 15.6. The molecule has 10 aromatic rings. The monoisotopic (exact) mass is 585 g/mol. The number of rotatable bonds is 2. The molecule has 4 nitrogen and oxygen atoms in total. The van der Waals surface area contributed by atoms with Crippen molar-refractivity contribution in [2.75, 3.05) is 0 Å². The minimum atomic E-state index is 0.642. The van der Waals surface area contributed by atoms with E-state index in [1.54, 1.807) is 0 Å². The van der Waals surface area contributed by atoms with Gasteiger partial charge in [-0.05, 0) is 63.4 Å². The van der Waals surface area contributed by atoms with Crippen molar-refractivity contribution < 1.29 is 4.42 Å². The highest BCUT2D eigenvalue weighted by Gasteiger charge is 2.26. The summed E-state index contributed by atoms with van der Waals surface area (Å²) in [5.74, 6) is 0.642. The van der Waals surface area contributed by atoms with Crippen LogP contribution in [-0.4, -0.2) is 14.5 Å². The first-order valence-corrected chi connectivity index (χ1v) is 15.6. The zero-order valence-electron chi connectivity index (χ0n) is 24.5. The second-order valence-corrected chi connectivity index (χ2v) is 12.1. The number of fused-ring (bicyclic) bond motifs is 6. The Bertz CT molecular complexity index is 2830. The van der Waals surface area contributed by atoms with Crippen molar-refractivity contribution in [2.45, 2.75) is 0 Å². The minimum absolute atomic E-state index is 0.642. The summed E-state index contributed by atoms with van der Waals surface area (Å²) >= 11 is 0. The van der Waals surface area contributed by atoms with Gasteiger partial charge in [-0.25, -0.2) is 9.97 Å². The van der Waals surface area contributed by atoms with Gasteiger partial charge in [-0.1, -0.05) is 109 Å². The standard InChI is InChI=1S/C42H23N3O/c1-3-20-33-31(13-1)40(32-19-7-18-30-25-12-2-4-23-36(25)46-41(30)32)44-42(43-33)45-34-21-8-16-28-26-14-5-10-24-11-6-15-27(37(24)26)29-17-9-22-35(45)39(29)38(28)34/h1-23H. The number of furan rings is 1. The molecule has 46 heavy (non-hydrogen) atoms. The second-order valence-electron chi connectivity index (χ2n) is 12.1. The summed E-state index contributed by atoms with van der Waals surface area (Å²) in [5.41, 5.74) is 11.6. The molecule has 0 atom stereocenters. The molecule has 0 amide bonds. The molecular formula is C42H23N3O. The fraction of sp³-hybridized carbons (Fsp3) is 0. The number of hydrogen-bond donors (Lipinski definition) is 0. The smallest absolute Gasteiger partial charge is 0.235 e. The summed E-state index contributed by atoms with van der Waals surface area (Å²) in [7, 11) is 0. The molecule has 1 aliphatic carbocycles. The van der Waals surface area contributed by atoms with Crippen LogP contribution in [0.5, 0.6) is 0 Å². The lowest BCUT2D eigenvalue weighted by atomic mass is 9.93. The van der Waals surface area contributed by atoms with E-state index in [0.717, 1.165) is 55.1 Å². The molecule has 212 valence electrons. The molecular weight excluding hydrogens is 562 g/mol. The highest BCUT2D eigenvalue weighted by Crippen LogP contribution is 2.49. The Morgan fingerprint density at radius 1 is 0.435 bits per heavy atom. The number of para-hydroxylation sites is 3. The molecule has 4 heteroatoms. The minimum Gasteiger partial charge on any atom is -0.455 e. The molecule has 0 bridgehead atoms. The summed E-state index contributed by atoms with van der Waals surface area (Å²) in [6.45, 7) is 0. The molecule has 0 aliphatic heterocycles. The Hall–Kier alpha value is -6.26. The third kappa shape index (κ3) is 3.03. The second kappa shape index (κ2) is 8.68. The van der Waals surface area contributed by atoms with Crippen molar-refractivity contribution in [1.82, 2.24) is 14.5 Å². The number of benzene rings is 7. The Morgan fingerprint density at radius 3 is 1.74 bits per heavy atom. The molecule has 3 aromatic heterocycles. The highest BCUT2D eigenvalue weighted by atomic mass is 16.3. The molecule has 7 aromatic carbocycles. The first-order chi connectivity index (χ1) is 22.8. The third-order valence-electron chi connectivity index (χ3n) is 9.75. The van der Waals surface area contributed by atoms with Crippen LogP contribution in [0.15, 0.2) is 144 Å². The van der Waals surface area contributed by atoms with Gasteiger partial charge < -0.3 is 4.42 Å². The Balaban J connectivity index is 1.28. The van der Waals surface area contributed by atoms with Crippen molar-refractivity contribution >= 4 is 65.4 Å². The maximum Gasteiger partial charge on any atom is 0.235 e. The topological polar surface area (TPSA) is 43.9 Å². The van der Waals surface area contributed by atoms with Crippen LogP contribution in [-0.2, 0) is 0 Å². The zero-order chi connectivity index (χ0) is 29.9. The van der Waals surface area contributed by atoms with Gasteiger partial charge in [0.15, 0.2) is 0 Å². The van der Waals surface area contributed by atoms with Crippen molar-refractivity contribution in [2.24, 2.45) is 0 Å². The van der Waals surface area contributed by atoms with Crippen LogP contribution in [0.4, 0.5) is 0 Å². The van der Waals surface area contributed by atoms with Gasteiger partial charge in [0.05, 0.1) is 22.2 Å². The van der Waals surface area contributed by atoms with Crippen LogP contribution in [0.3, 0.4) is 0 Å². The Kier molecular flexibility index (Phi) is 4.55. The molecule has 0 unspecified atom stereocenters. The van der Waals surface area contributed by atoms with Crippen LogP contribution in [0, 0.1) is 0 Å². The lowest BCUT2D eigenvalue weighted by Crippen LogP contribution is -2.03. The van der Waals surface area contributed by atoms with E-state index < -0.39 is 0 Å².